The van der Waals surface area contributed by atoms with Crippen molar-refractivity contribution in [2.75, 3.05) is 0 Å². The van der Waals surface area contributed by atoms with E-state index in [1.807, 2.05) is 12.1 Å². The molecule has 1 aromatic rings. The van der Waals surface area contributed by atoms with Crippen LogP contribution in [-0.4, -0.2) is 10.6 Å². The Bertz CT molecular complexity index is 205. The number of aromatic nitrogens is 1. The van der Waals surface area contributed by atoms with E-state index in [0.717, 1.165) is 5.56 Å². The predicted molar refractivity (Wildman–Crippen MR) is 34.7 cm³/mol. The molecule has 0 unspecified atom stereocenters. The number of aromatic amines is 1. The largest absolute Gasteiger partial charge is 0.326 e. The van der Waals surface area contributed by atoms with Crippen molar-refractivity contribution >= 4 is 5.78 Å². The standard InChI is InChI=1S/C7H7NO/c1-6(9)7-3-2-4-8-5-7/h2-5H,1H3/p+2. The molecule has 0 saturated carbocycles. The topological polar surface area (TPSA) is 35.5 Å². The van der Waals surface area contributed by atoms with Gasteiger partial charge in [-0.15, -0.1) is 0 Å². The number of pyridine rings is 1. The molecule has 0 saturated heterocycles. The van der Waals surface area contributed by atoms with Gasteiger partial charge < -0.3 is 0 Å². The Kier molecular flexibility index (Phi) is 1.58. The third kappa shape index (κ3) is 1.35. The highest BCUT2D eigenvalue weighted by atomic mass is 16.1. The second-order valence-electron chi connectivity index (χ2n) is 1.88. The van der Waals surface area contributed by atoms with Gasteiger partial charge in [0.15, 0.2) is 12.4 Å². The van der Waals surface area contributed by atoms with E-state index in [4.69, 9.17) is 4.79 Å². The number of rotatable bonds is 1. The summed E-state index contributed by atoms with van der Waals surface area (Å²) in [5, 5.41) is 0. The molecule has 1 aromatic heterocycles. The minimum absolute atomic E-state index is 0.340. The molecule has 46 valence electrons. The molecule has 0 fully saturated rings. The van der Waals surface area contributed by atoms with Crippen LogP contribution in [0.25, 0.3) is 0 Å². The molecule has 0 aliphatic carbocycles. The van der Waals surface area contributed by atoms with E-state index < -0.39 is 0 Å². The molecule has 0 bridgehead atoms. The van der Waals surface area contributed by atoms with Gasteiger partial charge in [-0.1, -0.05) is 0 Å². The molecular formula is C7H9NO+2. The summed E-state index contributed by atoms with van der Waals surface area (Å²) in [6.45, 7) is 1.66. The fraction of sp³-hybridized carbons (Fsp3) is 0.143. The third-order valence-electron chi connectivity index (χ3n) is 1.12. The molecule has 2 heteroatoms. The Hall–Kier alpha value is -1.18. The van der Waals surface area contributed by atoms with E-state index >= 15 is 0 Å². The van der Waals surface area contributed by atoms with E-state index in [2.05, 4.69) is 4.98 Å². The number of nitrogens with one attached hydrogen (secondary N) is 1. The van der Waals surface area contributed by atoms with Crippen molar-refractivity contribution in [2.45, 2.75) is 6.92 Å². The lowest BCUT2D eigenvalue weighted by molar-refractivity contribution is -0.378. The molecule has 0 amide bonds. The lowest BCUT2D eigenvalue weighted by Gasteiger charge is -1.79. The summed E-state index contributed by atoms with van der Waals surface area (Å²) in [5.41, 5.74) is 0.831. The maximum absolute atomic E-state index is 8.92. The van der Waals surface area contributed by atoms with Crippen LogP contribution >= 0.6 is 0 Å². The van der Waals surface area contributed by atoms with Gasteiger partial charge in [0.1, 0.15) is 5.56 Å². The Labute approximate surface area is 53.5 Å². The molecule has 0 aliphatic rings. The van der Waals surface area contributed by atoms with Gasteiger partial charge in [0, 0.05) is 6.07 Å². The highest BCUT2D eigenvalue weighted by Gasteiger charge is 2.04. The van der Waals surface area contributed by atoms with Gasteiger partial charge in [0.2, 0.25) is 0 Å². The van der Waals surface area contributed by atoms with Crippen LogP contribution in [0.2, 0.25) is 0 Å². The Balaban J connectivity index is 2.98. The smallest absolute Gasteiger partial charge is 0.278 e. The van der Waals surface area contributed by atoms with Crippen molar-refractivity contribution in [3.05, 3.63) is 30.1 Å². The third-order valence-corrected chi connectivity index (χ3v) is 1.12. The van der Waals surface area contributed by atoms with Gasteiger partial charge in [0.05, 0.1) is 6.92 Å². The average Bonchev–Trinajstić information content (AvgIpc) is 1.90. The summed E-state index contributed by atoms with van der Waals surface area (Å²) >= 11 is 0. The molecule has 1 heterocycles. The maximum atomic E-state index is 8.92. The summed E-state index contributed by atoms with van der Waals surface area (Å²) in [5.74, 6) is 0.340. The van der Waals surface area contributed by atoms with E-state index in [1.165, 1.54) is 0 Å². The Morgan fingerprint density at radius 2 is 2.44 bits per heavy atom. The Morgan fingerprint density at radius 1 is 1.67 bits per heavy atom. The average molecular weight is 123 g/mol. The Morgan fingerprint density at radius 3 is 2.78 bits per heavy atom. The first-order chi connectivity index (χ1) is 4.30. The van der Waals surface area contributed by atoms with Crippen molar-refractivity contribution in [3.63, 3.8) is 0 Å². The summed E-state index contributed by atoms with van der Waals surface area (Å²) in [7, 11) is 0. The maximum Gasteiger partial charge on any atom is 0.326 e. The van der Waals surface area contributed by atoms with Crippen LogP contribution in [-0.2, 0) is 0 Å². The molecule has 0 atom stereocenters. The molecule has 0 aliphatic heterocycles. The van der Waals surface area contributed by atoms with E-state index in [9.17, 15) is 0 Å². The zero-order valence-electron chi connectivity index (χ0n) is 5.26. The first-order valence-corrected chi connectivity index (χ1v) is 2.79. The van der Waals surface area contributed by atoms with Crippen molar-refractivity contribution in [3.8, 4) is 0 Å². The lowest BCUT2D eigenvalue weighted by Crippen LogP contribution is -2.04. The fourth-order valence-electron chi connectivity index (χ4n) is 0.618. The van der Waals surface area contributed by atoms with Crippen molar-refractivity contribution in [1.82, 2.24) is 0 Å². The molecule has 9 heavy (non-hydrogen) atoms. The quantitative estimate of drug-likeness (QED) is 0.383. The molecule has 2 nitrogen and oxygen atoms in total. The van der Waals surface area contributed by atoms with E-state index in [0.29, 0.717) is 5.78 Å². The monoisotopic (exact) mass is 123 g/mol. The predicted octanol–water partition coefficient (Wildman–Crippen LogP) is 0.414. The molecular weight excluding hydrogens is 114 g/mol. The van der Waals surface area contributed by atoms with Crippen molar-refractivity contribution in [2.24, 2.45) is 0 Å². The molecule has 0 radical (unpaired) electrons. The molecule has 2 N–H and O–H groups in total. The fourth-order valence-corrected chi connectivity index (χ4v) is 0.618. The summed E-state index contributed by atoms with van der Waals surface area (Å²) < 4.78 is 0. The zero-order valence-corrected chi connectivity index (χ0v) is 5.26. The lowest BCUT2D eigenvalue weighted by atomic mass is 10.2. The SMILES string of the molecule is CC(=[OH+])c1ccc[nH+]c1. The molecule has 0 spiro atoms. The van der Waals surface area contributed by atoms with Crippen LogP contribution in [0.1, 0.15) is 12.5 Å². The molecule has 0 aromatic carbocycles. The van der Waals surface area contributed by atoms with Gasteiger partial charge in [-0.2, -0.15) is 0 Å². The van der Waals surface area contributed by atoms with Gasteiger partial charge in [-0.3, -0.25) is 4.79 Å². The van der Waals surface area contributed by atoms with Gasteiger partial charge in [-0.05, 0) is 6.07 Å². The number of hydrogen-bond donors (Lipinski definition) is 0. The minimum atomic E-state index is 0.340. The van der Waals surface area contributed by atoms with Gasteiger partial charge in [-0.25, -0.2) is 4.98 Å². The summed E-state index contributed by atoms with van der Waals surface area (Å²) in [4.78, 5) is 11.8. The number of H-pyrrole nitrogens is 1. The number of ketones is 1. The molecule has 1 rings (SSSR count). The van der Waals surface area contributed by atoms with E-state index in [-0.39, 0.29) is 0 Å². The zero-order chi connectivity index (χ0) is 6.69. The van der Waals surface area contributed by atoms with Crippen LogP contribution in [0.3, 0.4) is 0 Å². The number of hydrogen-bond acceptors (Lipinski definition) is 0. The first kappa shape index (κ1) is 5.95. The first-order valence-electron chi connectivity index (χ1n) is 2.79. The van der Waals surface area contributed by atoms with Gasteiger partial charge >= 0.3 is 5.78 Å². The minimum Gasteiger partial charge on any atom is -0.278 e. The highest BCUT2D eigenvalue weighted by Crippen LogP contribution is 1.91. The second kappa shape index (κ2) is 2.40. The van der Waals surface area contributed by atoms with Crippen LogP contribution in [0.15, 0.2) is 24.5 Å². The van der Waals surface area contributed by atoms with Crippen LogP contribution in [0.5, 0.6) is 0 Å². The van der Waals surface area contributed by atoms with Crippen molar-refractivity contribution < 1.29 is 9.78 Å². The van der Waals surface area contributed by atoms with Crippen molar-refractivity contribution in [1.29, 1.82) is 0 Å². The van der Waals surface area contributed by atoms with Crippen LogP contribution < -0.4 is 4.98 Å². The van der Waals surface area contributed by atoms with Crippen LogP contribution in [0, 0.1) is 0 Å². The van der Waals surface area contributed by atoms with Gasteiger partial charge in [0.25, 0.3) is 0 Å². The normalized spacial score (nSPS) is 9.00. The summed E-state index contributed by atoms with van der Waals surface area (Å²) in [6.07, 6.45) is 3.54. The van der Waals surface area contributed by atoms with E-state index in [1.54, 1.807) is 19.3 Å². The second-order valence-corrected chi connectivity index (χ2v) is 1.88. The highest BCUT2D eigenvalue weighted by molar-refractivity contribution is 5.94. The number of carbonyl (C=O) groups excluding carboxylic acids is 1. The van der Waals surface area contributed by atoms with Crippen LogP contribution in [0.4, 0.5) is 0 Å². The summed E-state index contributed by atoms with van der Waals surface area (Å²) in [6, 6.07) is 3.68.